The molecule has 0 fully saturated rings. The van der Waals surface area contributed by atoms with Gasteiger partial charge in [0.25, 0.3) is 0 Å². The molecule has 0 unspecified atom stereocenters. The number of hydrogen-bond donors (Lipinski definition) is 1. The summed E-state index contributed by atoms with van der Waals surface area (Å²) in [5.74, 6) is 0.402. The standard InChI is InChI=1S/C15H15F3N4/c1-9-13(8-22(2)3)21-14(20-9)12-5-4-11(15(16,17)18)6-10(12)7-19/h4-6H,8H2,1-3H3,(H,20,21). The number of H-pyrrole nitrogens is 1. The summed E-state index contributed by atoms with van der Waals surface area (Å²) in [6.45, 7) is 2.44. The molecule has 0 spiro atoms. The van der Waals surface area contributed by atoms with Gasteiger partial charge < -0.3 is 9.88 Å². The zero-order chi connectivity index (χ0) is 16.5. The summed E-state index contributed by atoms with van der Waals surface area (Å²) in [5, 5.41) is 9.12. The maximum atomic E-state index is 12.7. The molecule has 0 radical (unpaired) electrons. The molecule has 0 aliphatic carbocycles. The van der Waals surface area contributed by atoms with Crippen LogP contribution >= 0.6 is 0 Å². The number of alkyl halides is 3. The van der Waals surface area contributed by atoms with Gasteiger partial charge in [-0.05, 0) is 39.2 Å². The zero-order valence-corrected chi connectivity index (χ0v) is 12.4. The molecule has 4 nitrogen and oxygen atoms in total. The molecule has 0 saturated carbocycles. The second-order valence-electron chi connectivity index (χ2n) is 5.26. The fourth-order valence-corrected chi connectivity index (χ4v) is 2.11. The first-order valence-electron chi connectivity index (χ1n) is 6.54. The van der Waals surface area contributed by atoms with E-state index in [2.05, 4.69) is 9.97 Å². The molecule has 22 heavy (non-hydrogen) atoms. The largest absolute Gasteiger partial charge is 0.416 e. The Balaban J connectivity index is 2.47. The zero-order valence-electron chi connectivity index (χ0n) is 12.4. The molecule has 7 heteroatoms. The minimum Gasteiger partial charge on any atom is -0.341 e. The molecular formula is C15H15F3N4. The van der Waals surface area contributed by atoms with E-state index in [9.17, 15) is 13.2 Å². The summed E-state index contributed by atoms with van der Waals surface area (Å²) in [6.07, 6.45) is -4.47. The highest BCUT2D eigenvalue weighted by Crippen LogP contribution is 2.32. The van der Waals surface area contributed by atoms with E-state index in [1.807, 2.05) is 25.9 Å². The molecule has 0 bridgehead atoms. The van der Waals surface area contributed by atoms with Gasteiger partial charge in [-0.3, -0.25) is 0 Å². The van der Waals surface area contributed by atoms with Crippen LogP contribution in [0, 0.1) is 18.3 Å². The predicted molar refractivity (Wildman–Crippen MR) is 75.9 cm³/mol. The lowest BCUT2D eigenvalue weighted by atomic mass is 10.0. The van der Waals surface area contributed by atoms with E-state index in [1.54, 1.807) is 6.07 Å². The van der Waals surface area contributed by atoms with Crippen molar-refractivity contribution in [1.29, 1.82) is 5.26 Å². The van der Waals surface area contributed by atoms with Gasteiger partial charge in [0.15, 0.2) is 0 Å². The number of imidazole rings is 1. The van der Waals surface area contributed by atoms with Crippen LogP contribution in [0.1, 0.15) is 22.5 Å². The van der Waals surface area contributed by atoms with Gasteiger partial charge in [0.1, 0.15) is 5.82 Å². The Labute approximate surface area is 126 Å². The molecule has 1 N–H and O–H groups in total. The molecule has 0 atom stereocenters. The maximum Gasteiger partial charge on any atom is 0.416 e. The molecule has 0 saturated heterocycles. The van der Waals surface area contributed by atoms with Crippen LogP contribution in [0.3, 0.4) is 0 Å². The van der Waals surface area contributed by atoms with Gasteiger partial charge in [0, 0.05) is 12.1 Å². The summed E-state index contributed by atoms with van der Waals surface area (Å²) < 4.78 is 38.1. The van der Waals surface area contributed by atoms with E-state index in [1.165, 1.54) is 6.07 Å². The molecule has 2 rings (SSSR count). The van der Waals surface area contributed by atoms with Crippen molar-refractivity contribution in [1.82, 2.24) is 14.9 Å². The Kier molecular flexibility index (Phi) is 4.24. The minimum absolute atomic E-state index is 0.0556. The summed E-state index contributed by atoms with van der Waals surface area (Å²) in [4.78, 5) is 9.34. The monoisotopic (exact) mass is 308 g/mol. The number of aromatic nitrogens is 2. The number of nitrogens with zero attached hydrogens (tertiary/aromatic N) is 3. The third-order valence-electron chi connectivity index (χ3n) is 3.18. The number of rotatable bonds is 3. The average molecular weight is 308 g/mol. The first kappa shape index (κ1) is 16.0. The smallest absolute Gasteiger partial charge is 0.341 e. The van der Waals surface area contributed by atoms with Crippen LogP contribution in [0.15, 0.2) is 18.2 Å². The van der Waals surface area contributed by atoms with E-state index >= 15 is 0 Å². The molecule has 2 aromatic rings. The number of nitrogens with one attached hydrogen (secondary N) is 1. The second-order valence-corrected chi connectivity index (χ2v) is 5.26. The van der Waals surface area contributed by atoms with Crippen molar-refractivity contribution in [2.45, 2.75) is 19.6 Å². The molecule has 0 aliphatic heterocycles. The van der Waals surface area contributed by atoms with Crippen molar-refractivity contribution >= 4 is 0 Å². The number of nitriles is 1. The molecule has 0 aliphatic rings. The van der Waals surface area contributed by atoms with Gasteiger partial charge >= 0.3 is 6.18 Å². The number of hydrogen-bond acceptors (Lipinski definition) is 3. The van der Waals surface area contributed by atoms with Gasteiger partial charge in [0.2, 0.25) is 0 Å². The van der Waals surface area contributed by atoms with Gasteiger partial charge in [-0.15, -0.1) is 0 Å². The molecule has 1 heterocycles. The Morgan fingerprint density at radius 3 is 2.55 bits per heavy atom. The first-order chi connectivity index (χ1) is 10.2. The summed E-state index contributed by atoms with van der Waals surface area (Å²) >= 11 is 0. The SMILES string of the molecule is Cc1nc(-c2ccc(C(F)(F)F)cc2C#N)[nH]c1CN(C)C. The molecule has 0 amide bonds. The maximum absolute atomic E-state index is 12.7. The fourth-order valence-electron chi connectivity index (χ4n) is 2.11. The number of aromatic amines is 1. The van der Waals surface area contributed by atoms with E-state index in [-0.39, 0.29) is 5.56 Å². The molecule has 1 aromatic heterocycles. The van der Waals surface area contributed by atoms with Crippen molar-refractivity contribution < 1.29 is 13.2 Å². The van der Waals surface area contributed by atoms with Crippen molar-refractivity contribution in [3.8, 4) is 17.5 Å². The fraction of sp³-hybridized carbons (Fsp3) is 0.333. The van der Waals surface area contributed by atoms with Crippen LogP contribution in [0.25, 0.3) is 11.4 Å². The normalized spacial score (nSPS) is 11.7. The van der Waals surface area contributed by atoms with Gasteiger partial charge in [-0.25, -0.2) is 4.98 Å². The van der Waals surface area contributed by atoms with Crippen LogP contribution in [-0.4, -0.2) is 29.0 Å². The second kappa shape index (κ2) is 5.81. The van der Waals surface area contributed by atoms with Crippen LogP contribution in [-0.2, 0) is 12.7 Å². The van der Waals surface area contributed by atoms with Crippen molar-refractivity contribution in [2.75, 3.05) is 14.1 Å². The third-order valence-corrected chi connectivity index (χ3v) is 3.18. The van der Waals surface area contributed by atoms with Gasteiger partial charge in [-0.2, -0.15) is 18.4 Å². The molecular weight excluding hydrogens is 293 g/mol. The Morgan fingerprint density at radius 1 is 1.32 bits per heavy atom. The van der Waals surface area contributed by atoms with Crippen molar-refractivity contribution in [2.24, 2.45) is 0 Å². The number of benzene rings is 1. The third kappa shape index (κ3) is 3.28. The van der Waals surface area contributed by atoms with E-state index in [4.69, 9.17) is 5.26 Å². The highest BCUT2D eigenvalue weighted by Gasteiger charge is 2.31. The quantitative estimate of drug-likeness (QED) is 0.946. The van der Waals surface area contributed by atoms with Crippen LogP contribution in [0.4, 0.5) is 13.2 Å². The van der Waals surface area contributed by atoms with E-state index in [0.29, 0.717) is 17.9 Å². The lowest BCUT2D eigenvalue weighted by Gasteiger charge is -2.09. The lowest BCUT2D eigenvalue weighted by molar-refractivity contribution is -0.137. The van der Waals surface area contributed by atoms with Crippen molar-refractivity contribution in [3.05, 3.63) is 40.7 Å². The van der Waals surface area contributed by atoms with Crippen molar-refractivity contribution in [3.63, 3.8) is 0 Å². The Morgan fingerprint density at radius 2 is 2.00 bits per heavy atom. The van der Waals surface area contributed by atoms with E-state index in [0.717, 1.165) is 23.5 Å². The van der Waals surface area contributed by atoms with Gasteiger partial charge in [-0.1, -0.05) is 0 Å². The average Bonchev–Trinajstić information content (AvgIpc) is 2.77. The van der Waals surface area contributed by atoms with Crippen LogP contribution in [0.2, 0.25) is 0 Å². The first-order valence-corrected chi connectivity index (χ1v) is 6.54. The lowest BCUT2D eigenvalue weighted by Crippen LogP contribution is -2.11. The van der Waals surface area contributed by atoms with Crippen LogP contribution in [0.5, 0.6) is 0 Å². The highest BCUT2D eigenvalue weighted by molar-refractivity contribution is 5.66. The van der Waals surface area contributed by atoms with Gasteiger partial charge in [0.05, 0.1) is 28.6 Å². The summed E-state index contributed by atoms with van der Waals surface area (Å²) in [7, 11) is 3.80. The highest BCUT2D eigenvalue weighted by atomic mass is 19.4. The number of aryl methyl sites for hydroxylation is 1. The molecule has 1 aromatic carbocycles. The predicted octanol–water partition coefficient (Wildman–Crippen LogP) is 3.34. The Hall–Kier alpha value is -2.33. The number of halogens is 3. The summed E-state index contributed by atoms with van der Waals surface area (Å²) in [5.41, 5.74) is 1.09. The minimum atomic E-state index is -4.47. The summed E-state index contributed by atoms with van der Waals surface area (Å²) in [6, 6.07) is 4.89. The Bertz CT molecular complexity index is 723. The van der Waals surface area contributed by atoms with Crippen LogP contribution < -0.4 is 0 Å². The molecule has 116 valence electrons. The topological polar surface area (TPSA) is 55.7 Å². The van der Waals surface area contributed by atoms with E-state index < -0.39 is 11.7 Å².